The zero-order chi connectivity index (χ0) is 29.5. The third kappa shape index (κ3) is 9.02. The monoisotopic (exact) mass is 545 g/mol. The average molecular weight is 546 g/mol. The highest BCUT2D eigenvalue weighted by molar-refractivity contribution is 5.96. The lowest BCUT2D eigenvalue weighted by Gasteiger charge is -2.29. The number of non-ortho nitro benzene ring substituents is 1. The molecule has 4 rings (SSSR count). The van der Waals surface area contributed by atoms with Crippen molar-refractivity contribution in [3.05, 3.63) is 111 Å². The van der Waals surface area contributed by atoms with Gasteiger partial charge in [-0.3, -0.25) is 14.9 Å². The molecule has 1 aromatic rings. The highest BCUT2D eigenvalue weighted by Gasteiger charge is 2.42. The van der Waals surface area contributed by atoms with Gasteiger partial charge in [0.15, 0.2) is 0 Å². The molecule has 0 radical (unpaired) electrons. The number of nitrogens with zero attached hydrogens (tertiary/aromatic N) is 3. The first kappa shape index (κ1) is 32.7. The molecule has 0 saturated carbocycles. The second-order valence-corrected chi connectivity index (χ2v) is 10.3. The molecule has 0 aromatic heterocycles. The molecule has 0 bridgehead atoms. The van der Waals surface area contributed by atoms with Gasteiger partial charge in [-0.25, -0.2) is 0 Å². The van der Waals surface area contributed by atoms with Crippen molar-refractivity contribution < 1.29 is 9.72 Å². The van der Waals surface area contributed by atoms with Crippen LogP contribution < -0.4 is 0 Å². The summed E-state index contributed by atoms with van der Waals surface area (Å²) >= 11 is 0. The lowest BCUT2D eigenvalue weighted by Crippen LogP contribution is -2.33. The topological polar surface area (TPSA) is 66.7 Å². The summed E-state index contributed by atoms with van der Waals surface area (Å²) in [6.07, 6.45) is 22.6. The fraction of sp³-hybridized carbons (Fsp3) is 0.441. The first-order valence-electron chi connectivity index (χ1n) is 14.6. The van der Waals surface area contributed by atoms with Crippen LogP contribution in [0.1, 0.15) is 77.6 Å². The van der Waals surface area contributed by atoms with Crippen molar-refractivity contribution in [2.45, 2.75) is 67.2 Å². The molecule has 40 heavy (non-hydrogen) atoms. The van der Waals surface area contributed by atoms with Gasteiger partial charge in [-0.2, -0.15) is 0 Å². The fourth-order valence-corrected chi connectivity index (χ4v) is 5.19. The highest BCUT2D eigenvalue weighted by Crippen LogP contribution is 2.46. The van der Waals surface area contributed by atoms with E-state index in [-0.39, 0.29) is 17.0 Å². The molecular weight excluding hydrogens is 498 g/mol. The number of hydrogen-bond acceptors (Lipinski definition) is 4. The maximum Gasteiger partial charge on any atom is 0.270 e. The Labute approximate surface area is 241 Å². The summed E-state index contributed by atoms with van der Waals surface area (Å²) in [5.74, 6) is -0.176. The average Bonchev–Trinajstić information content (AvgIpc) is 3.22. The molecule has 6 nitrogen and oxygen atoms in total. The zero-order valence-corrected chi connectivity index (χ0v) is 25.2. The Morgan fingerprint density at radius 2 is 1.75 bits per heavy atom. The summed E-state index contributed by atoms with van der Waals surface area (Å²) in [5.41, 5.74) is 3.85. The number of carbonyl (C=O) groups is 1. The van der Waals surface area contributed by atoms with Crippen LogP contribution in [0.15, 0.2) is 95.8 Å². The Morgan fingerprint density at radius 1 is 1.05 bits per heavy atom. The Bertz CT molecular complexity index is 1180. The molecule has 0 fully saturated rings. The predicted octanol–water partition coefficient (Wildman–Crippen LogP) is 8.42. The number of allylic oxidation sites excluding steroid dienone is 10. The second kappa shape index (κ2) is 16.6. The first-order valence-corrected chi connectivity index (χ1v) is 14.6. The largest absolute Gasteiger partial charge is 0.308 e. The van der Waals surface area contributed by atoms with Crippen LogP contribution in [0.3, 0.4) is 0 Å². The third-order valence-electron chi connectivity index (χ3n) is 7.48. The van der Waals surface area contributed by atoms with E-state index in [0.29, 0.717) is 12.1 Å². The van der Waals surface area contributed by atoms with Gasteiger partial charge in [0.25, 0.3) is 11.6 Å². The number of rotatable bonds is 8. The van der Waals surface area contributed by atoms with Crippen LogP contribution in [-0.2, 0) is 0 Å². The maximum absolute atomic E-state index is 13.4. The normalized spacial score (nSPS) is 19.2. The lowest BCUT2D eigenvalue weighted by atomic mass is 9.78. The fourth-order valence-electron chi connectivity index (χ4n) is 5.19. The van der Waals surface area contributed by atoms with Gasteiger partial charge in [-0.05, 0) is 70.0 Å². The summed E-state index contributed by atoms with van der Waals surface area (Å²) in [5, 5.41) is 11.1. The molecule has 6 heteroatoms. The van der Waals surface area contributed by atoms with E-state index in [9.17, 15) is 14.9 Å². The van der Waals surface area contributed by atoms with Crippen molar-refractivity contribution in [1.29, 1.82) is 0 Å². The van der Waals surface area contributed by atoms with Crippen molar-refractivity contribution in [3.8, 4) is 0 Å². The summed E-state index contributed by atoms with van der Waals surface area (Å²) in [6.45, 7) is 16.5. The summed E-state index contributed by atoms with van der Waals surface area (Å²) < 4.78 is 0. The second-order valence-electron chi connectivity index (χ2n) is 10.3. The molecule has 1 atom stereocenters. The minimum absolute atomic E-state index is 0.0608. The van der Waals surface area contributed by atoms with Crippen LogP contribution in [0.4, 0.5) is 5.69 Å². The van der Waals surface area contributed by atoms with E-state index >= 15 is 0 Å². The van der Waals surface area contributed by atoms with Gasteiger partial charge in [0.1, 0.15) is 0 Å². The molecule has 2 aliphatic carbocycles. The quantitative estimate of drug-likeness (QED) is 0.243. The van der Waals surface area contributed by atoms with E-state index in [4.69, 9.17) is 0 Å². The number of nitro benzene ring substituents is 1. The number of hydrogen-bond donors (Lipinski definition) is 0. The molecule has 216 valence electrons. The minimum Gasteiger partial charge on any atom is -0.308 e. The lowest BCUT2D eigenvalue weighted by molar-refractivity contribution is -0.384. The summed E-state index contributed by atoms with van der Waals surface area (Å²) in [6, 6.07) is 6.02. The summed E-state index contributed by atoms with van der Waals surface area (Å²) in [7, 11) is 0. The Balaban J connectivity index is 0.000000475. The smallest absolute Gasteiger partial charge is 0.270 e. The van der Waals surface area contributed by atoms with Gasteiger partial charge < -0.3 is 9.80 Å². The minimum atomic E-state index is -0.460. The van der Waals surface area contributed by atoms with E-state index in [0.717, 1.165) is 51.0 Å². The van der Waals surface area contributed by atoms with Crippen molar-refractivity contribution in [3.63, 3.8) is 0 Å². The van der Waals surface area contributed by atoms with E-state index in [1.165, 1.54) is 23.3 Å². The predicted molar refractivity (Wildman–Crippen MR) is 167 cm³/mol. The van der Waals surface area contributed by atoms with E-state index in [1.54, 1.807) is 12.1 Å². The van der Waals surface area contributed by atoms with Crippen molar-refractivity contribution in [1.82, 2.24) is 9.80 Å². The van der Waals surface area contributed by atoms with E-state index in [1.807, 2.05) is 37.0 Å². The molecule has 1 heterocycles. The number of amides is 1. The number of benzene rings is 1. The van der Waals surface area contributed by atoms with Crippen LogP contribution in [0.2, 0.25) is 0 Å². The molecule has 3 aliphatic rings. The van der Waals surface area contributed by atoms with Crippen LogP contribution >= 0.6 is 0 Å². The van der Waals surface area contributed by atoms with Gasteiger partial charge >= 0.3 is 0 Å². The van der Waals surface area contributed by atoms with Crippen LogP contribution in [0.25, 0.3) is 0 Å². The highest BCUT2D eigenvalue weighted by atomic mass is 16.6. The van der Waals surface area contributed by atoms with Crippen LogP contribution in [-0.4, -0.2) is 46.8 Å². The number of carbonyl (C=O) groups excluding carboxylic acids is 1. The Kier molecular flexibility index (Phi) is 13.5. The Morgan fingerprint density at radius 3 is 2.45 bits per heavy atom. The molecule has 0 saturated heterocycles. The van der Waals surface area contributed by atoms with Gasteiger partial charge in [-0.1, -0.05) is 94.9 Å². The molecule has 1 amide bonds. The molecule has 1 unspecified atom stereocenters. The van der Waals surface area contributed by atoms with Crippen molar-refractivity contribution >= 4 is 11.6 Å². The van der Waals surface area contributed by atoms with Gasteiger partial charge in [0.05, 0.1) is 4.92 Å². The van der Waals surface area contributed by atoms with Crippen LogP contribution in [0.5, 0.6) is 0 Å². The molecule has 1 aromatic carbocycles. The standard InChI is InChI=1S/C24H31N3O3.C8H10.C2H6/c1-4-25(5-2)16-10-15-24(3)18-26(22-14-8-6-7-13-21(22)24)23(28)19-11-9-12-20(17-19)27(29)30;1-8-6-4-2-3-5-7-8;1-2/h6-9,11-12,14,17H,4-5,10,13,15-16,18H2,1-3H3;2-6H,7H2,1H3;1-2H3. The SMILES string of the molecule is CC.CC1=CC=CC=CC1.CCN(CC)CCCC1(C)CN(C(=O)c2cccc([N+](=O)[O-])c2)C2=C1CC=CC=C2. The van der Waals surface area contributed by atoms with E-state index < -0.39 is 4.92 Å². The first-order chi connectivity index (χ1) is 19.3. The molecular formula is C34H47N3O3. The van der Waals surface area contributed by atoms with Crippen LogP contribution in [0, 0.1) is 15.5 Å². The van der Waals surface area contributed by atoms with Gasteiger partial charge in [-0.15, -0.1) is 0 Å². The zero-order valence-electron chi connectivity index (χ0n) is 25.2. The summed E-state index contributed by atoms with van der Waals surface area (Å²) in [4.78, 5) is 28.3. The number of nitro groups is 1. The maximum atomic E-state index is 13.4. The Hall–Kier alpha value is -3.51. The van der Waals surface area contributed by atoms with Crippen molar-refractivity contribution in [2.75, 3.05) is 26.2 Å². The van der Waals surface area contributed by atoms with E-state index in [2.05, 4.69) is 69.1 Å². The molecule has 1 aliphatic heterocycles. The van der Waals surface area contributed by atoms with Gasteiger partial charge in [0.2, 0.25) is 0 Å². The van der Waals surface area contributed by atoms with Gasteiger partial charge in [0, 0.05) is 35.4 Å². The van der Waals surface area contributed by atoms with Crippen molar-refractivity contribution in [2.24, 2.45) is 5.41 Å². The molecule has 0 N–H and O–H groups in total. The third-order valence-corrected chi connectivity index (χ3v) is 7.48. The molecule has 0 spiro atoms.